The van der Waals surface area contributed by atoms with E-state index in [1.807, 2.05) is 13.8 Å². The second kappa shape index (κ2) is 7.10. The number of carbonyl (C=O) groups is 2. The van der Waals surface area contributed by atoms with E-state index in [-0.39, 0.29) is 24.1 Å². The normalized spacial score (nSPS) is 11.3. The second-order valence-electron chi connectivity index (χ2n) is 5.00. The van der Waals surface area contributed by atoms with Crippen molar-refractivity contribution in [3.05, 3.63) is 29.8 Å². The first-order valence-electron chi connectivity index (χ1n) is 6.42. The van der Waals surface area contributed by atoms with E-state index < -0.39 is 17.6 Å². The number of carbonyl (C=O) groups excluding carboxylic acids is 2. The van der Waals surface area contributed by atoms with Crippen LogP contribution in [0.3, 0.4) is 0 Å². The van der Waals surface area contributed by atoms with Crippen molar-refractivity contribution in [2.75, 3.05) is 11.9 Å². The molecule has 0 saturated carbocycles. The summed E-state index contributed by atoms with van der Waals surface area (Å²) < 4.78 is 37.1. The summed E-state index contributed by atoms with van der Waals surface area (Å²) in [6.45, 7) is 3.54. The maximum absolute atomic E-state index is 12.4. The molecular formula is C14H17F3N2O2. The highest BCUT2D eigenvalue weighted by atomic mass is 19.4. The van der Waals surface area contributed by atoms with Gasteiger partial charge in [-0.3, -0.25) is 9.59 Å². The summed E-state index contributed by atoms with van der Waals surface area (Å²) in [7, 11) is 0. The van der Waals surface area contributed by atoms with E-state index in [9.17, 15) is 22.8 Å². The van der Waals surface area contributed by atoms with Crippen LogP contribution in [0.25, 0.3) is 0 Å². The summed E-state index contributed by atoms with van der Waals surface area (Å²) in [5.41, 5.74) is -0.545. The number of alkyl halides is 3. The first kappa shape index (κ1) is 17.0. The molecule has 1 aromatic rings. The Hall–Kier alpha value is -2.05. The van der Waals surface area contributed by atoms with Gasteiger partial charge in [-0.05, 0) is 30.2 Å². The fraction of sp³-hybridized carbons (Fsp3) is 0.429. The van der Waals surface area contributed by atoms with Gasteiger partial charge in [0.25, 0.3) is 0 Å². The van der Waals surface area contributed by atoms with E-state index in [0.29, 0.717) is 6.42 Å². The number of nitrogens with one attached hydrogen (secondary N) is 2. The van der Waals surface area contributed by atoms with Gasteiger partial charge in [0.05, 0.1) is 12.1 Å². The smallest absolute Gasteiger partial charge is 0.347 e. The molecule has 0 bridgehead atoms. The minimum absolute atomic E-state index is 0.183. The molecule has 4 nitrogen and oxygen atoms in total. The van der Waals surface area contributed by atoms with E-state index in [2.05, 4.69) is 10.6 Å². The zero-order valence-corrected chi connectivity index (χ0v) is 11.8. The predicted octanol–water partition coefficient (Wildman–Crippen LogP) is 2.81. The Morgan fingerprint density at radius 2 is 1.67 bits per heavy atom. The van der Waals surface area contributed by atoms with Crippen LogP contribution >= 0.6 is 0 Å². The third kappa shape index (κ3) is 6.29. The zero-order chi connectivity index (χ0) is 16.0. The molecule has 7 heteroatoms. The minimum Gasteiger partial charge on any atom is -0.347 e. The van der Waals surface area contributed by atoms with Crippen molar-refractivity contribution in [2.45, 2.75) is 26.4 Å². The van der Waals surface area contributed by atoms with E-state index in [1.165, 1.54) is 0 Å². The molecule has 0 unspecified atom stereocenters. The van der Waals surface area contributed by atoms with Crippen LogP contribution in [0, 0.1) is 5.92 Å². The lowest BCUT2D eigenvalue weighted by Gasteiger charge is -2.10. The lowest BCUT2D eigenvalue weighted by molar-refractivity contribution is -0.137. The van der Waals surface area contributed by atoms with Gasteiger partial charge in [0.2, 0.25) is 11.8 Å². The Morgan fingerprint density at radius 3 is 2.14 bits per heavy atom. The van der Waals surface area contributed by atoms with Crippen molar-refractivity contribution in [2.24, 2.45) is 5.92 Å². The third-order valence-corrected chi connectivity index (χ3v) is 2.54. The lowest BCUT2D eigenvalue weighted by atomic mass is 10.1. The largest absolute Gasteiger partial charge is 0.416 e. The fourth-order valence-corrected chi connectivity index (χ4v) is 1.57. The molecule has 0 aromatic heterocycles. The quantitative estimate of drug-likeness (QED) is 0.878. The van der Waals surface area contributed by atoms with Gasteiger partial charge in [-0.2, -0.15) is 13.2 Å². The van der Waals surface area contributed by atoms with E-state index in [0.717, 1.165) is 24.3 Å². The molecule has 0 fully saturated rings. The van der Waals surface area contributed by atoms with Gasteiger partial charge in [-0.15, -0.1) is 0 Å². The molecule has 0 aliphatic carbocycles. The maximum Gasteiger partial charge on any atom is 0.416 e. The Bertz CT molecular complexity index is 496. The van der Waals surface area contributed by atoms with Crippen LogP contribution in [0.5, 0.6) is 0 Å². The topological polar surface area (TPSA) is 58.2 Å². The Balaban J connectivity index is 2.46. The molecule has 0 atom stereocenters. The van der Waals surface area contributed by atoms with Crippen molar-refractivity contribution in [1.82, 2.24) is 5.32 Å². The summed E-state index contributed by atoms with van der Waals surface area (Å²) in [5.74, 6) is -0.553. The Labute approximate surface area is 120 Å². The van der Waals surface area contributed by atoms with E-state index in [4.69, 9.17) is 0 Å². The summed E-state index contributed by atoms with van der Waals surface area (Å²) in [6, 6.07) is 4.09. The van der Waals surface area contributed by atoms with E-state index >= 15 is 0 Å². The summed E-state index contributed by atoms with van der Waals surface area (Å²) in [5, 5.41) is 4.85. The van der Waals surface area contributed by atoms with Crippen molar-refractivity contribution in [3.8, 4) is 0 Å². The van der Waals surface area contributed by atoms with Crippen LogP contribution in [-0.2, 0) is 15.8 Å². The number of anilines is 1. The molecule has 0 saturated heterocycles. The standard InChI is InChI=1S/C14H17F3N2O2/c1-9(2)7-12(20)18-8-13(21)19-11-5-3-10(4-6-11)14(15,16)17/h3-6,9H,7-8H2,1-2H3,(H,18,20)(H,19,21). The van der Waals surface area contributed by atoms with Crippen LogP contribution in [0.15, 0.2) is 24.3 Å². The lowest BCUT2D eigenvalue weighted by Crippen LogP contribution is -2.33. The van der Waals surface area contributed by atoms with Gasteiger partial charge in [-0.25, -0.2) is 0 Å². The SMILES string of the molecule is CC(C)CC(=O)NCC(=O)Nc1ccc(C(F)(F)F)cc1. The molecule has 21 heavy (non-hydrogen) atoms. The third-order valence-electron chi connectivity index (χ3n) is 2.54. The predicted molar refractivity (Wildman–Crippen MR) is 72.5 cm³/mol. The van der Waals surface area contributed by atoms with E-state index in [1.54, 1.807) is 0 Å². The average molecular weight is 302 g/mol. The number of amides is 2. The molecule has 0 spiro atoms. The highest BCUT2D eigenvalue weighted by Gasteiger charge is 2.29. The zero-order valence-electron chi connectivity index (χ0n) is 11.8. The number of benzene rings is 1. The summed E-state index contributed by atoms with van der Waals surface area (Å²) in [6.07, 6.45) is -4.10. The van der Waals surface area contributed by atoms with Crippen LogP contribution < -0.4 is 10.6 Å². The maximum atomic E-state index is 12.4. The molecule has 1 aromatic carbocycles. The molecule has 116 valence electrons. The van der Waals surface area contributed by atoms with Crippen molar-refractivity contribution >= 4 is 17.5 Å². The van der Waals surface area contributed by atoms with Gasteiger partial charge in [-0.1, -0.05) is 13.8 Å². The van der Waals surface area contributed by atoms with Gasteiger partial charge in [0, 0.05) is 12.1 Å². The molecule has 2 N–H and O–H groups in total. The van der Waals surface area contributed by atoms with Crippen LogP contribution in [0.2, 0.25) is 0 Å². The first-order chi connectivity index (χ1) is 9.68. The van der Waals surface area contributed by atoms with Gasteiger partial charge >= 0.3 is 6.18 Å². The second-order valence-corrected chi connectivity index (χ2v) is 5.00. The molecular weight excluding hydrogens is 285 g/mol. The summed E-state index contributed by atoms with van der Waals surface area (Å²) >= 11 is 0. The summed E-state index contributed by atoms with van der Waals surface area (Å²) in [4.78, 5) is 22.9. The monoisotopic (exact) mass is 302 g/mol. The fourth-order valence-electron chi connectivity index (χ4n) is 1.57. The van der Waals surface area contributed by atoms with Crippen molar-refractivity contribution < 1.29 is 22.8 Å². The molecule has 0 radical (unpaired) electrons. The van der Waals surface area contributed by atoms with Gasteiger partial charge in [0.1, 0.15) is 0 Å². The van der Waals surface area contributed by atoms with Gasteiger partial charge in [0.15, 0.2) is 0 Å². The van der Waals surface area contributed by atoms with Crippen LogP contribution in [-0.4, -0.2) is 18.4 Å². The number of rotatable bonds is 5. The molecule has 0 aliphatic heterocycles. The number of halogens is 3. The molecule has 0 heterocycles. The Kier molecular flexibility index (Phi) is 5.75. The number of hydrogen-bond donors (Lipinski definition) is 2. The minimum atomic E-state index is -4.41. The van der Waals surface area contributed by atoms with Crippen LogP contribution in [0.1, 0.15) is 25.8 Å². The average Bonchev–Trinajstić information content (AvgIpc) is 2.35. The van der Waals surface area contributed by atoms with Crippen LogP contribution in [0.4, 0.5) is 18.9 Å². The van der Waals surface area contributed by atoms with Gasteiger partial charge < -0.3 is 10.6 Å². The molecule has 2 amide bonds. The number of hydrogen-bond acceptors (Lipinski definition) is 2. The highest BCUT2D eigenvalue weighted by molar-refractivity contribution is 5.94. The molecule has 0 aliphatic rings. The van der Waals surface area contributed by atoms with Crippen molar-refractivity contribution in [3.63, 3.8) is 0 Å². The molecule has 1 rings (SSSR count). The first-order valence-corrected chi connectivity index (χ1v) is 6.42. The van der Waals surface area contributed by atoms with Crippen molar-refractivity contribution in [1.29, 1.82) is 0 Å². The Morgan fingerprint density at radius 1 is 1.10 bits per heavy atom. The highest BCUT2D eigenvalue weighted by Crippen LogP contribution is 2.29.